The van der Waals surface area contributed by atoms with Crippen LogP contribution in [0.2, 0.25) is 10.0 Å². The van der Waals surface area contributed by atoms with Crippen molar-refractivity contribution < 1.29 is 22.7 Å². The van der Waals surface area contributed by atoms with E-state index in [0.29, 0.717) is 15.6 Å². The summed E-state index contributed by atoms with van der Waals surface area (Å²) in [5.41, 5.74) is 0.721. The van der Waals surface area contributed by atoms with Crippen LogP contribution >= 0.6 is 39.1 Å². The molecule has 0 N–H and O–H groups in total. The number of rotatable bonds is 5. The second-order valence-electron chi connectivity index (χ2n) is 5.54. The van der Waals surface area contributed by atoms with E-state index in [9.17, 15) is 18.0 Å². The van der Waals surface area contributed by atoms with Crippen molar-refractivity contribution in [2.75, 3.05) is 6.61 Å². The normalized spacial score (nSPS) is 13.0. The number of hydrogen-bond acceptors (Lipinski definition) is 2. The Morgan fingerprint density at radius 1 is 1.19 bits per heavy atom. The quantitative estimate of drug-likeness (QED) is 0.419. The smallest absolute Gasteiger partial charge is 0.399 e. The molecule has 0 saturated carbocycles. The zero-order chi connectivity index (χ0) is 20.2. The first-order valence-electron chi connectivity index (χ1n) is 7.79. The first kappa shape index (κ1) is 21.8. The summed E-state index contributed by atoms with van der Waals surface area (Å²) in [4.78, 5) is 11.8. The second-order valence-corrected chi connectivity index (χ2v) is 7.27. The van der Waals surface area contributed by atoms with Crippen LogP contribution in [0.1, 0.15) is 34.3 Å². The van der Waals surface area contributed by atoms with Crippen molar-refractivity contribution in [3.63, 3.8) is 0 Å². The highest BCUT2D eigenvalue weighted by Gasteiger charge is 2.39. The summed E-state index contributed by atoms with van der Waals surface area (Å²) < 4.78 is 45.8. The number of benzene rings is 2. The van der Waals surface area contributed by atoms with Crippen LogP contribution in [-0.4, -0.2) is 18.8 Å². The summed E-state index contributed by atoms with van der Waals surface area (Å²) in [6, 6.07) is 8.40. The van der Waals surface area contributed by atoms with Gasteiger partial charge in [0.2, 0.25) is 0 Å². The highest BCUT2D eigenvalue weighted by molar-refractivity contribution is 9.10. The molecule has 2 aromatic carbocycles. The average Bonchev–Trinajstić information content (AvgIpc) is 2.53. The molecule has 0 aliphatic rings. The zero-order valence-corrected chi connectivity index (χ0v) is 17.1. The lowest BCUT2D eigenvalue weighted by Crippen LogP contribution is -2.18. The van der Waals surface area contributed by atoms with Crippen LogP contribution in [-0.2, 0) is 4.74 Å². The first-order chi connectivity index (χ1) is 12.6. The molecule has 2 rings (SSSR count). The maximum Gasteiger partial charge on any atom is 0.399 e. The van der Waals surface area contributed by atoms with E-state index < -0.39 is 18.1 Å². The Labute approximate surface area is 173 Å². The van der Waals surface area contributed by atoms with Crippen LogP contribution in [0.3, 0.4) is 0 Å². The van der Waals surface area contributed by atoms with Gasteiger partial charge in [0.15, 0.2) is 0 Å². The van der Waals surface area contributed by atoms with Crippen molar-refractivity contribution in [2.45, 2.75) is 19.0 Å². The molecule has 0 aliphatic heterocycles. The molecule has 2 nitrogen and oxygen atoms in total. The van der Waals surface area contributed by atoms with Crippen LogP contribution in [0, 0.1) is 0 Å². The highest BCUT2D eigenvalue weighted by Crippen LogP contribution is 2.38. The molecule has 144 valence electrons. The molecule has 0 bridgehead atoms. The fourth-order valence-electron chi connectivity index (χ4n) is 2.38. The number of alkyl halides is 3. The van der Waals surface area contributed by atoms with E-state index in [-0.39, 0.29) is 22.2 Å². The number of carbonyl (C=O) groups is 1. The predicted molar refractivity (Wildman–Crippen MR) is 104 cm³/mol. The average molecular weight is 482 g/mol. The Morgan fingerprint density at radius 2 is 1.81 bits per heavy atom. The Hall–Kier alpha value is -1.50. The third-order valence-electron chi connectivity index (χ3n) is 3.57. The monoisotopic (exact) mass is 480 g/mol. The van der Waals surface area contributed by atoms with Crippen molar-refractivity contribution in [2.24, 2.45) is 0 Å². The molecule has 0 spiro atoms. The minimum absolute atomic E-state index is 0.0570. The summed E-state index contributed by atoms with van der Waals surface area (Å²) in [5, 5.41) is 0.253. The fraction of sp³-hybridized carbons (Fsp3) is 0.211. The van der Waals surface area contributed by atoms with Crippen molar-refractivity contribution in [1.29, 1.82) is 0 Å². The van der Waals surface area contributed by atoms with E-state index in [1.807, 2.05) is 0 Å². The van der Waals surface area contributed by atoms with Gasteiger partial charge in [0.25, 0.3) is 0 Å². The molecule has 1 atom stereocenters. The zero-order valence-electron chi connectivity index (χ0n) is 14.0. The number of halogens is 6. The second kappa shape index (κ2) is 9.13. The summed E-state index contributed by atoms with van der Waals surface area (Å²) >= 11 is 14.9. The van der Waals surface area contributed by atoms with Gasteiger partial charge in [-0.1, -0.05) is 41.4 Å². The fourth-order valence-corrected chi connectivity index (χ4v) is 3.48. The molecule has 0 amide bonds. The topological polar surface area (TPSA) is 26.3 Å². The van der Waals surface area contributed by atoms with Gasteiger partial charge in [0.1, 0.15) is 0 Å². The lowest BCUT2D eigenvalue weighted by Gasteiger charge is -2.18. The van der Waals surface area contributed by atoms with E-state index in [1.165, 1.54) is 36.4 Å². The molecular formula is C19H14BrCl2F3O2. The number of carbonyl (C=O) groups excluding carboxylic acids is 1. The maximum atomic E-state index is 13.5. The summed E-state index contributed by atoms with van der Waals surface area (Å²) in [6.07, 6.45) is -2.17. The van der Waals surface area contributed by atoms with Gasteiger partial charge >= 0.3 is 12.1 Å². The Balaban J connectivity index is 2.34. The van der Waals surface area contributed by atoms with Gasteiger partial charge < -0.3 is 4.74 Å². The minimum Gasteiger partial charge on any atom is -0.462 e. The number of hydrogen-bond donors (Lipinski definition) is 0. The molecule has 0 saturated heterocycles. The molecule has 1 unspecified atom stereocenters. The van der Waals surface area contributed by atoms with Gasteiger partial charge in [-0.05, 0) is 64.3 Å². The summed E-state index contributed by atoms with van der Waals surface area (Å²) in [7, 11) is 0. The number of esters is 1. The third-order valence-corrected chi connectivity index (χ3v) is 4.66. The van der Waals surface area contributed by atoms with Crippen LogP contribution < -0.4 is 0 Å². The molecule has 0 fully saturated rings. The van der Waals surface area contributed by atoms with E-state index in [4.69, 9.17) is 27.9 Å². The van der Waals surface area contributed by atoms with Crippen LogP contribution in [0.5, 0.6) is 0 Å². The first-order valence-corrected chi connectivity index (χ1v) is 9.34. The SMILES string of the molecule is CCOC(=O)c1ccc(/C=C/C(c2cc(Cl)cc(Cl)c2)C(F)(F)F)cc1Br. The van der Waals surface area contributed by atoms with E-state index in [2.05, 4.69) is 15.9 Å². The van der Waals surface area contributed by atoms with Gasteiger partial charge in [-0.2, -0.15) is 13.2 Å². The van der Waals surface area contributed by atoms with Crippen molar-refractivity contribution in [3.8, 4) is 0 Å². The molecule has 0 radical (unpaired) electrons. The lowest BCUT2D eigenvalue weighted by molar-refractivity contribution is -0.139. The molecular weight excluding hydrogens is 468 g/mol. The highest BCUT2D eigenvalue weighted by atomic mass is 79.9. The molecule has 0 heterocycles. The number of allylic oxidation sites excluding steroid dienone is 1. The maximum absolute atomic E-state index is 13.5. The van der Waals surface area contributed by atoms with Crippen molar-refractivity contribution in [1.82, 2.24) is 0 Å². The molecule has 0 aliphatic carbocycles. The van der Waals surface area contributed by atoms with Crippen LogP contribution in [0.15, 0.2) is 46.9 Å². The van der Waals surface area contributed by atoms with Gasteiger partial charge in [-0.15, -0.1) is 0 Å². The predicted octanol–water partition coefficient (Wildman–Crippen LogP) is 7.29. The van der Waals surface area contributed by atoms with Crippen molar-refractivity contribution in [3.05, 3.63) is 73.7 Å². The van der Waals surface area contributed by atoms with Gasteiger partial charge in [0.05, 0.1) is 18.1 Å². The van der Waals surface area contributed by atoms with E-state index in [1.54, 1.807) is 13.0 Å². The van der Waals surface area contributed by atoms with Gasteiger partial charge in [-0.3, -0.25) is 0 Å². The van der Waals surface area contributed by atoms with Gasteiger partial charge in [-0.25, -0.2) is 4.79 Å². The van der Waals surface area contributed by atoms with Crippen molar-refractivity contribution >= 4 is 51.2 Å². The molecule has 8 heteroatoms. The molecule has 27 heavy (non-hydrogen) atoms. The Morgan fingerprint density at radius 3 is 2.33 bits per heavy atom. The minimum atomic E-state index is -4.52. The van der Waals surface area contributed by atoms with Crippen LogP contribution in [0.25, 0.3) is 6.08 Å². The van der Waals surface area contributed by atoms with Crippen LogP contribution in [0.4, 0.5) is 13.2 Å². The lowest BCUT2D eigenvalue weighted by atomic mass is 9.97. The van der Waals surface area contributed by atoms with E-state index >= 15 is 0 Å². The molecule has 2 aromatic rings. The van der Waals surface area contributed by atoms with E-state index in [0.717, 1.165) is 6.08 Å². The molecule has 0 aromatic heterocycles. The Kier molecular flexibility index (Phi) is 7.37. The standard InChI is InChI=1S/C19H14BrCl2F3O2/c1-2-27-18(26)15-5-3-11(7-17(15)20)4-6-16(19(23,24)25)12-8-13(21)10-14(22)9-12/h3-10,16H,2H2,1H3/b6-4+. The third kappa shape index (κ3) is 5.99. The number of ether oxygens (including phenoxy) is 1. The van der Waals surface area contributed by atoms with Gasteiger partial charge in [0, 0.05) is 14.5 Å². The Bertz CT molecular complexity index is 846. The largest absolute Gasteiger partial charge is 0.462 e. The summed E-state index contributed by atoms with van der Waals surface area (Å²) in [5.74, 6) is -2.39. The summed E-state index contributed by atoms with van der Waals surface area (Å²) in [6.45, 7) is 1.91.